The zero-order chi connectivity index (χ0) is 24.3. The number of aliphatic carboxylic acids is 2. The Labute approximate surface area is 195 Å². The van der Waals surface area contributed by atoms with E-state index in [0.717, 1.165) is 16.7 Å². The molecule has 0 spiro atoms. The SMILES string of the molecule is COc1ccc(-c2ccc(/C=C3\SC(=S)N([C@@H](CCC(=O)O)C(=O)O)C3=O)o2)c([N+](=O)[O-])c1. The number of carboxylic acid groups (broad SMARTS) is 2. The van der Waals surface area contributed by atoms with Crippen LogP contribution in [-0.4, -0.2) is 55.4 Å². The first-order valence-corrected chi connectivity index (χ1v) is 10.5. The van der Waals surface area contributed by atoms with Crippen molar-refractivity contribution in [2.24, 2.45) is 0 Å². The van der Waals surface area contributed by atoms with Gasteiger partial charge in [0.1, 0.15) is 27.6 Å². The van der Waals surface area contributed by atoms with Gasteiger partial charge in [-0.3, -0.25) is 24.6 Å². The van der Waals surface area contributed by atoms with Gasteiger partial charge in [0.15, 0.2) is 0 Å². The van der Waals surface area contributed by atoms with Crippen LogP contribution in [0.1, 0.15) is 18.6 Å². The molecule has 0 aliphatic carbocycles. The second kappa shape index (κ2) is 9.83. The Bertz CT molecular complexity index is 1190. The number of furan rings is 1. The number of methoxy groups -OCH3 is 1. The summed E-state index contributed by atoms with van der Waals surface area (Å²) in [5.74, 6) is -2.60. The Kier molecular flexibility index (Phi) is 7.13. The lowest BCUT2D eigenvalue weighted by Gasteiger charge is -2.22. The van der Waals surface area contributed by atoms with E-state index >= 15 is 0 Å². The number of thioether (sulfide) groups is 1. The van der Waals surface area contributed by atoms with Gasteiger partial charge in [0.05, 0.1) is 28.6 Å². The fourth-order valence-corrected chi connectivity index (χ4v) is 4.41. The molecule has 2 N–H and O–H groups in total. The lowest BCUT2D eigenvalue weighted by molar-refractivity contribution is -0.384. The number of hydrogen-bond acceptors (Lipinski definition) is 9. The maximum Gasteiger partial charge on any atom is 0.326 e. The Morgan fingerprint density at radius 3 is 2.67 bits per heavy atom. The minimum absolute atomic E-state index is 0.0263. The molecule has 1 atom stereocenters. The summed E-state index contributed by atoms with van der Waals surface area (Å²) >= 11 is 5.98. The molecule has 0 unspecified atom stereocenters. The summed E-state index contributed by atoms with van der Waals surface area (Å²) in [6, 6.07) is 5.83. The normalized spacial score (nSPS) is 15.7. The number of nitrogens with zero attached hydrogens (tertiary/aromatic N) is 2. The van der Waals surface area contributed by atoms with E-state index in [9.17, 15) is 29.6 Å². The zero-order valence-corrected chi connectivity index (χ0v) is 18.6. The van der Waals surface area contributed by atoms with Crippen LogP contribution in [0.15, 0.2) is 39.7 Å². The third-order valence-electron chi connectivity index (χ3n) is 4.62. The van der Waals surface area contributed by atoms with Gasteiger partial charge in [0.25, 0.3) is 11.6 Å². The lowest BCUT2D eigenvalue weighted by atomic mass is 10.1. The van der Waals surface area contributed by atoms with Crippen LogP contribution in [0.25, 0.3) is 17.4 Å². The van der Waals surface area contributed by atoms with E-state index in [1.165, 1.54) is 37.5 Å². The van der Waals surface area contributed by atoms with Gasteiger partial charge in [-0.15, -0.1) is 0 Å². The summed E-state index contributed by atoms with van der Waals surface area (Å²) in [7, 11) is 1.39. The third kappa shape index (κ3) is 5.21. The van der Waals surface area contributed by atoms with Gasteiger partial charge in [0, 0.05) is 12.5 Å². The maximum atomic E-state index is 12.8. The maximum absolute atomic E-state index is 12.8. The second-order valence-corrected chi connectivity index (χ2v) is 8.36. The molecule has 11 nitrogen and oxygen atoms in total. The van der Waals surface area contributed by atoms with Crippen LogP contribution >= 0.6 is 24.0 Å². The molecule has 13 heteroatoms. The van der Waals surface area contributed by atoms with Crippen molar-refractivity contribution in [1.82, 2.24) is 4.90 Å². The van der Waals surface area contributed by atoms with Crippen molar-refractivity contribution in [2.75, 3.05) is 7.11 Å². The molecule has 2 aromatic rings. The first-order valence-electron chi connectivity index (χ1n) is 9.26. The minimum atomic E-state index is -1.42. The Morgan fingerprint density at radius 1 is 1.33 bits per heavy atom. The molecule has 1 amide bonds. The first kappa shape index (κ1) is 23.9. The molecule has 172 valence electrons. The van der Waals surface area contributed by atoms with Crippen LogP contribution in [0.5, 0.6) is 5.75 Å². The number of thiocarbonyl (C=S) groups is 1. The quantitative estimate of drug-likeness (QED) is 0.228. The molecule has 33 heavy (non-hydrogen) atoms. The standard InChI is InChI=1S/C20H16N2O9S2/c1-30-10-2-4-12(14(8-10)22(28)29)15-6-3-11(31-15)9-16-18(25)21(20(32)33-16)13(19(26)27)5-7-17(23)24/h2-4,6,8-9,13H,5,7H2,1H3,(H,23,24)(H,26,27)/b16-9-/t13-/m0/s1. The van der Waals surface area contributed by atoms with Crippen LogP contribution < -0.4 is 4.74 Å². The van der Waals surface area contributed by atoms with Crippen molar-refractivity contribution in [2.45, 2.75) is 18.9 Å². The third-order valence-corrected chi connectivity index (χ3v) is 5.95. The molecular weight excluding hydrogens is 476 g/mol. The Morgan fingerprint density at radius 2 is 2.06 bits per heavy atom. The van der Waals surface area contributed by atoms with Gasteiger partial charge >= 0.3 is 11.9 Å². The van der Waals surface area contributed by atoms with E-state index in [-0.39, 0.29) is 38.4 Å². The van der Waals surface area contributed by atoms with Crippen molar-refractivity contribution in [3.63, 3.8) is 0 Å². The van der Waals surface area contributed by atoms with Gasteiger partial charge in [-0.2, -0.15) is 0 Å². The zero-order valence-electron chi connectivity index (χ0n) is 16.9. The summed E-state index contributed by atoms with van der Waals surface area (Å²) in [5, 5.41) is 29.7. The van der Waals surface area contributed by atoms with Crippen LogP contribution in [-0.2, 0) is 14.4 Å². The lowest BCUT2D eigenvalue weighted by Crippen LogP contribution is -2.44. The number of rotatable bonds is 9. The van der Waals surface area contributed by atoms with Crippen LogP contribution in [0.2, 0.25) is 0 Å². The van der Waals surface area contributed by atoms with Gasteiger partial charge in [0.2, 0.25) is 0 Å². The molecule has 0 radical (unpaired) electrons. The van der Waals surface area contributed by atoms with E-state index in [1.54, 1.807) is 6.07 Å². The second-order valence-electron chi connectivity index (χ2n) is 6.68. The highest BCUT2D eigenvalue weighted by molar-refractivity contribution is 8.26. The molecule has 1 saturated heterocycles. The summed E-state index contributed by atoms with van der Waals surface area (Å²) in [6.07, 6.45) is 0.583. The van der Waals surface area contributed by atoms with Gasteiger partial charge < -0.3 is 19.4 Å². The monoisotopic (exact) mass is 492 g/mol. The van der Waals surface area contributed by atoms with Crippen LogP contribution in [0.3, 0.4) is 0 Å². The summed E-state index contributed by atoms with van der Waals surface area (Å²) in [4.78, 5) is 47.0. The predicted molar refractivity (Wildman–Crippen MR) is 121 cm³/mol. The van der Waals surface area contributed by atoms with E-state index in [0.29, 0.717) is 5.75 Å². The van der Waals surface area contributed by atoms with Crippen molar-refractivity contribution in [1.29, 1.82) is 0 Å². The number of amides is 1. The van der Waals surface area contributed by atoms with Crippen molar-refractivity contribution < 1.29 is 38.7 Å². The number of nitro groups is 1. The molecule has 1 aromatic heterocycles. The molecule has 1 aromatic carbocycles. The number of carbonyl (C=O) groups excluding carboxylic acids is 1. The number of benzene rings is 1. The first-order chi connectivity index (χ1) is 15.6. The molecule has 1 aliphatic rings. The van der Waals surface area contributed by atoms with Crippen molar-refractivity contribution in [3.8, 4) is 17.1 Å². The fourth-order valence-electron chi connectivity index (χ4n) is 3.07. The van der Waals surface area contributed by atoms with E-state index in [1.807, 2.05) is 0 Å². The number of ether oxygens (including phenoxy) is 1. The number of carboxylic acids is 2. The smallest absolute Gasteiger partial charge is 0.326 e. The average Bonchev–Trinajstić information content (AvgIpc) is 3.32. The van der Waals surface area contributed by atoms with Crippen LogP contribution in [0.4, 0.5) is 5.69 Å². The van der Waals surface area contributed by atoms with Gasteiger partial charge in [-0.1, -0.05) is 24.0 Å². The highest BCUT2D eigenvalue weighted by atomic mass is 32.2. The molecule has 0 saturated carbocycles. The highest BCUT2D eigenvalue weighted by Gasteiger charge is 2.40. The molecule has 1 fully saturated rings. The van der Waals surface area contributed by atoms with Crippen molar-refractivity contribution in [3.05, 3.63) is 51.1 Å². The average molecular weight is 492 g/mol. The number of hydrogen-bond donors (Lipinski definition) is 2. The summed E-state index contributed by atoms with van der Waals surface area (Å²) < 4.78 is 10.6. The highest BCUT2D eigenvalue weighted by Crippen LogP contribution is 2.37. The Hall–Kier alpha value is -3.71. The van der Waals surface area contributed by atoms with E-state index in [4.69, 9.17) is 26.5 Å². The molecular formula is C20H16N2O9S2. The Balaban J connectivity index is 1.88. The van der Waals surface area contributed by atoms with Crippen LogP contribution in [0, 0.1) is 10.1 Å². The fraction of sp³-hybridized carbons (Fsp3) is 0.200. The summed E-state index contributed by atoms with van der Waals surface area (Å²) in [6.45, 7) is 0. The summed E-state index contributed by atoms with van der Waals surface area (Å²) in [5.41, 5.74) is -0.0306. The molecule has 3 rings (SSSR count). The topological polar surface area (TPSA) is 160 Å². The van der Waals surface area contributed by atoms with Crippen molar-refractivity contribution >= 4 is 57.9 Å². The largest absolute Gasteiger partial charge is 0.497 e. The van der Waals surface area contributed by atoms with Gasteiger partial charge in [-0.05, 0) is 30.7 Å². The van der Waals surface area contributed by atoms with E-state index < -0.39 is 35.2 Å². The molecule has 0 bridgehead atoms. The minimum Gasteiger partial charge on any atom is -0.497 e. The predicted octanol–water partition coefficient (Wildman–Crippen LogP) is 3.38. The van der Waals surface area contributed by atoms with E-state index in [2.05, 4.69) is 0 Å². The number of nitro benzene ring substituents is 1. The molecule has 1 aliphatic heterocycles. The van der Waals surface area contributed by atoms with Gasteiger partial charge in [-0.25, -0.2) is 4.79 Å². The molecule has 2 heterocycles. The number of carbonyl (C=O) groups is 3.